The number of carboxylic acids is 1. The van der Waals surface area contributed by atoms with E-state index in [1.807, 2.05) is 48.5 Å². The van der Waals surface area contributed by atoms with Gasteiger partial charge in [0.25, 0.3) is 0 Å². The van der Waals surface area contributed by atoms with Gasteiger partial charge in [-0.05, 0) is 22.3 Å². The van der Waals surface area contributed by atoms with Crippen LogP contribution in [0.15, 0.2) is 61.2 Å². The molecule has 0 radical (unpaired) electrons. The van der Waals surface area contributed by atoms with Crippen LogP contribution in [0.5, 0.6) is 0 Å². The van der Waals surface area contributed by atoms with Crippen LogP contribution in [0.3, 0.4) is 0 Å². The van der Waals surface area contributed by atoms with E-state index >= 15 is 0 Å². The van der Waals surface area contributed by atoms with E-state index in [0.717, 1.165) is 22.3 Å². The van der Waals surface area contributed by atoms with E-state index in [1.54, 1.807) is 0 Å². The van der Waals surface area contributed by atoms with Gasteiger partial charge >= 0.3 is 12.1 Å². The van der Waals surface area contributed by atoms with Crippen LogP contribution in [0.4, 0.5) is 4.79 Å². The highest BCUT2D eigenvalue weighted by Gasteiger charge is 2.30. The Hall–Kier alpha value is -3.65. The number of fused-ring (bicyclic) bond motifs is 3. The minimum atomic E-state index is -1.14. The lowest BCUT2D eigenvalue weighted by Crippen LogP contribution is -2.54. The van der Waals surface area contributed by atoms with Gasteiger partial charge in [-0.2, -0.15) is 0 Å². The van der Waals surface area contributed by atoms with Gasteiger partial charge in [0, 0.05) is 5.92 Å². The fourth-order valence-electron chi connectivity index (χ4n) is 3.72. The fourth-order valence-corrected chi connectivity index (χ4v) is 3.72. The van der Waals surface area contributed by atoms with E-state index < -0.39 is 30.8 Å². The predicted octanol–water partition coefficient (Wildman–Crippen LogP) is 2.64. The Morgan fingerprint density at radius 1 is 1.10 bits per heavy atom. The largest absolute Gasteiger partial charge is 0.481 e. The summed E-state index contributed by atoms with van der Waals surface area (Å²) in [6.07, 6.45) is -1.49. The fraction of sp³-hybridized carbons (Fsp3) is 0.261. The molecule has 0 aromatic heterocycles. The zero-order chi connectivity index (χ0) is 22.2. The second-order valence-corrected chi connectivity index (χ2v) is 6.99. The molecule has 0 heterocycles. The lowest BCUT2D eigenvalue weighted by Gasteiger charge is -2.26. The summed E-state index contributed by atoms with van der Waals surface area (Å²) in [6, 6.07) is 15.9. The van der Waals surface area contributed by atoms with E-state index in [0.29, 0.717) is 6.41 Å². The summed E-state index contributed by atoms with van der Waals surface area (Å²) >= 11 is 0. The van der Waals surface area contributed by atoms with Crippen LogP contribution in [0.1, 0.15) is 23.5 Å². The summed E-state index contributed by atoms with van der Waals surface area (Å²) in [4.78, 5) is 34.6. The van der Waals surface area contributed by atoms with Gasteiger partial charge in [-0.15, -0.1) is 6.58 Å². The molecule has 31 heavy (non-hydrogen) atoms. The quantitative estimate of drug-likeness (QED) is 0.290. The first kappa shape index (κ1) is 22.0. The van der Waals surface area contributed by atoms with Crippen molar-refractivity contribution in [1.29, 1.82) is 0 Å². The smallest absolute Gasteiger partial charge is 0.408 e. The molecule has 2 amide bonds. The molecule has 0 aliphatic heterocycles. The van der Waals surface area contributed by atoms with Crippen molar-refractivity contribution in [3.05, 3.63) is 72.3 Å². The summed E-state index contributed by atoms with van der Waals surface area (Å²) in [6.45, 7) is 3.66. The third-order valence-corrected chi connectivity index (χ3v) is 5.04. The van der Waals surface area contributed by atoms with E-state index in [-0.39, 0.29) is 19.1 Å². The third kappa shape index (κ3) is 5.29. The van der Waals surface area contributed by atoms with Crippen molar-refractivity contribution < 1.29 is 29.0 Å². The maximum atomic E-state index is 12.5. The molecule has 0 saturated carbocycles. The number of carbonyl (C=O) groups excluding carboxylic acids is 2. The topological polar surface area (TPSA) is 114 Å². The molecule has 2 aromatic rings. The predicted molar refractivity (Wildman–Crippen MR) is 113 cm³/mol. The average Bonchev–Trinajstić information content (AvgIpc) is 3.08. The van der Waals surface area contributed by atoms with Gasteiger partial charge in [0.05, 0.1) is 13.0 Å². The first-order chi connectivity index (χ1) is 15.0. The van der Waals surface area contributed by atoms with E-state index in [1.165, 1.54) is 6.08 Å². The maximum Gasteiger partial charge on any atom is 0.408 e. The number of carboxylic acid groups (broad SMARTS) is 1. The first-order valence-electron chi connectivity index (χ1n) is 9.80. The molecule has 1 aliphatic carbocycles. The number of aliphatic carboxylic acids is 1. The number of rotatable bonds is 11. The van der Waals surface area contributed by atoms with Crippen molar-refractivity contribution in [3.8, 4) is 11.1 Å². The van der Waals surface area contributed by atoms with Crippen LogP contribution < -0.4 is 10.6 Å². The number of nitrogens with one attached hydrogen (secondary N) is 2. The SMILES string of the molecule is C=CCO[C@H](CC(=O)O)C(NC=O)NC(=O)OCC1c2ccccc2-c2ccccc21. The molecule has 2 atom stereocenters. The highest BCUT2D eigenvalue weighted by Crippen LogP contribution is 2.44. The summed E-state index contributed by atoms with van der Waals surface area (Å²) < 4.78 is 10.8. The second-order valence-electron chi connectivity index (χ2n) is 6.99. The van der Waals surface area contributed by atoms with Gasteiger partial charge in [-0.3, -0.25) is 14.9 Å². The molecule has 8 heteroatoms. The Kier molecular flexibility index (Phi) is 7.40. The monoisotopic (exact) mass is 424 g/mol. The van der Waals surface area contributed by atoms with Crippen molar-refractivity contribution in [2.45, 2.75) is 24.6 Å². The molecule has 1 unspecified atom stereocenters. The first-order valence-corrected chi connectivity index (χ1v) is 9.80. The minimum absolute atomic E-state index is 0.0569. The average molecular weight is 424 g/mol. The van der Waals surface area contributed by atoms with Gasteiger partial charge in [0.15, 0.2) is 0 Å². The number of alkyl carbamates (subject to hydrolysis) is 1. The van der Waals surface area contributed by atoms with Gasteiger partial charge in [-0.1, -0.05) is 54.6 Å². The number of hydrogen-bond donors (Lipinski definition) is 3. The summed E-state index contributed by atoms with van der Waals surface area (Å²) in [7, 11) is 0. The Morgan fingerprint density at radius 2 is 1.71 bits per heavy atom. The molecular formula is C23H24N2O6. The summed E-state index contributed by atoms with van der Waals surface area (Å²) in [5.74, 6) is -1.26. The van der Waals surface area contributed by atoms with Gasteiger partial charge < -0.3 is 19.9 Å². The zero-order valence-electron chi connectivity index (χ0n) is 16.8. The van der Waals surface area contributed by atoms with Crippen molar-refractivity contribution in [1.82, 2.24) is 10.6 Å². The molecule has 3 rings (SSSR count). The van der Waals surface area contributed by atoms with Crippen LogP contribution in [0, 0.1) is 0 Å². The lowest BCUT2D eigenvalue weighted by atomic mass is 9.98. The van der Waals surface area contributed by atoms with E-state index in [4.69, 9.17) is 14.6 Å². The summed E-state index contributed by atoms with van der Waals surface area (Å²) in [5.41, 5.74) is 4.34. The number of amides is 2. The van der Waals surface area contributed by atoms with Crippen molar-refractivity contribution in [2.24, 2.45) is 0 Å². The van der Waals surface area contributed by atoms with E-state index in [9.17, 15) is 14.4 Å². The molecule has 0 bridgehead atoms. The Bertz CT molecular complexity index is 915. The van der Waals surface area contributed by atoms with Crippen LogP contribution in [0.25, 0.3) is 11.1 Å². The van der Waals surface area contributed by atoms with Crippen LogP contribution >= 0.6 is 0 Å². The molecule has 0 spiro atoms. The molecule has 8 nitrogen and oxygen atoms in total. The lowest BCUT2D eigenvalue weighted by molar-refractivity contribution is -0.141. The number of hydrogen-bond acceptors (Lipinski definition) is 5. The molecule has 1 aliphatic rings. The molecular weight excluding hydrogens is 400 g/mol. The highest BCUT2D eigenvalue weighted by atomic mass is 16.5. The van der Waals surface area contributed by atoms with Crippen molar-refractivity contribution >= 4 is 18.5 Å². The Labute approximate surface area is 179 Å². The Morgan fingerprint density at radius 3 is 2.26 bits per heavy atom. The highest BCUT2D eigenvalue weighted by molar-refractivity contribution is 5.79. The molecule has 0 saturated heterocycles. The number of carbonyl (C=O) groups is 3. The Balaban J connectivity index is 1.68. The van der Waals surface area contributed by atoms with Crippen molar-refractivity contribution in [2.75, 3.05) is 13.2 Å². The normalized spacial score (nSPS) is 13.9. The zero-order valence-corrected chi connectivity index (χ0v) is 16.8. The van der Waals surface area contributed by atoms with Crippen LogP contribution in [-0.2, 0) is 19.1 Å². The molecule has 3 N–H and O–H groups in total. The standard InChI is InChI=1S/C23H24N2O6/c1-2-11-30-20(12-21(27)28)22(24-14-26)25-23(29)31-13-19-17-9-5-3-7-15(17)16-8-4-6-10-18(16)19/h2-10,14,19-20,22H,1,11-13H2,(H,24,26)(H,25,29)(H,27,28)/t20-,22?/m1/s1. The third-order valence-electron chi connectivity index (χ3n) is 5.04. The van der Waals surface area contributed by atoms with Gasteiger partial charge in [0.2, 0.25) is 6.41 Å². The van der Waals surface area contributed by atoms with Gasteiger partial charge in [-0.25, -0.2) is 4.79 Å². The molecule has 162 valence electrons. The van der Waals surface area contributed by atoms with Crippen LogP contribution in [0.2, 0.25) is 0 Å². The molecule has 0 fully saturated rings. The van der Waals surface area contributed by atoms with Gasteiger partial charge in [0.1, 0.15) is 18.9 Å². The second kappa shape index (κ2) is 10.4. The number of ether oxygens (including phenoxy) is 2. The number of benzene rings is 2. The summed E-state index contributed by atoms with van der Waals surface area (Å²) in [5, 5.41) is 14.0. The van der Waals surface area contributed by atoms with E-state index in [2.05, 4.69) is 17.2 Å². The minimum Gasteiger partial charge on any atom is -0.481 e. The molecule has 2 aromatic carbocycles. The maximum absolute atomic E-state index is 12.5. The van der Waals surface area contributed by atoms with Crippen molar-refractivity contribution in [3.63, 3.8) is 0 Å². The van der Waals surface area contributed by atoms with Crippen LogP contribution in [-0.4, -0.2) is 49.1 Å².